The number of Topliss-reactive ketones (excluding diaryl/α,β-unsaturated/α-hetero) is 1. The van der Waals surface area contributed by atoms with Crippen molar-refractivity contribution in [1.82, 2.24) is 0 Å². The first-order valence-electron chi connectivity index (χ1n) is 8.55. The lowest BCUT2D eigenvalue weighted by Gasteiger charge is -2.13. The number of benzene rings is 2. The Balaban J connectivity index is 2.28. The standard InChI is InChI=1S/C21H19NO5/c1-3-27-20(14-7-5-4-6-8-14)19-16-10-9-15(18(25)12-23)11-17(16)22(13(2)24)21(19)26/h4-11,23H,3,12H2,1-2H3. The van der Waals surface area contributed by atoms with E-state index in [1.54, 1.807) is 6.07 Å². The number of carbonyl (C=O) groups excluding carboxylic acids is 3. The van der Waals surface area contributed by atoms with Crippen LogP contribution in [0.3, 0.4) is 0 Å². The Hall–Kier alpha value is -3.25. The van der Waals surface area contributed by atoms with Crippen molar-refractivity contribution in [2.75, 3.05) is 18.1 Å². The van der Waals surface area contributed by atoms with Crippen LogP contribution in [0.2, 0.25) is 0 Å². The van der Waals surface area contributed by atoms with Gasteiger partial charge in [-0.25, -0.2) is 4.90 Å². The van der Waals surface area contributed by atoms with E-state index in [2.05, 4.69) is 0 Å². The number of imide groups is 1. The molecule has 0 spiro atoms. The van der Waals surface area contributed by atoms with E-state index in [0.29, 0.717) is 23.6 Å². The van der Waals surface area contributed by atoms with Crippen LogP contribution in [0.4, 0.5) is 5.69 Å². The van der Waals surface area contributed by atoms with Crippen molar-refractivity contribution in [1.29, 1.82) is 0 Å². The second-order valence-corrected chi connectivity index (χ2v) is 5.98. The molecule has 27 heavy (non-hydrogen) atoms. The highest BCUT2D eigenvalue weighted by Gasteiger charge is 2.38. The molecule has 1 N–H and O–H groups in total. The highest BCUT2D eigenvalue weighted by atomic mass is 16.5. The van der Waals surface area contributed by atoms with Gasteiger partial charge in [0.05, 0.1) is 17.9 Å². The lowest BCUT2D eigenvalue weighted by atomic mass is 9.99. The molecule has 0 aromatic heterocycles. The molecule has 0 bridgehead atoms. The Bertz CT molecular complexity index is 946. The Kier molecular flexibility index (Phi) is 5.19. The van der Waals surface area contributed by atoms with E-state index >= 15 is 0 Å². The first kappa shape index (κ1) is 18.5. The zero-order valence-corrected chi connectivity index (χ0v) is 15.1. The Morgan fingerprint density at radius 2 is 1.78 bits per heavy atom. The Morgan fingerprint density at radius 1 is 1.07 bits per heavy atom. The molecule has 1 aliphatic heterocycles. The lowest BCUT2D eigenvalue weighted by molar-refractivity contribution is -0.122. The molecular weight excluding hydrogens is 346 g/mol. The maximum Gasteiger partial charge on any atom is 0.269 e. The third kappa shape index (κ3) is 3.27. The van der Waals surface area contributed by atoms with E-state index in [0.717, 1.165) is 10.5 Å². The molecular formula is C21H19NO5. The fraction of sp³-hybridized carbons (Fsp3) is 0.190. The number of ketones is 1. The van der Waals surface area contributed by atoms with Crippen LogP contribution in [0.15, 0.2) is 48.5 Å². The molecule has 0 radical (unpaired) electrons. The molecule has 2 aromatic rings. The van der Waals surface area contributed by atoms with Crippen LogP contribution in [0.1, 0.15) is 35.3 Å². The summed E-state index contributed by atoms with van der Waals surface area (Å²) in [7, 11) is 0. The minimum Gasteiger partial charge on any atom is -0.492 e. The number of fused-ring (bicyclic) bond motifs is 1. The monoisotopic (exact) mass is 365 g/mol. The Labute approximate surface area is 156 Å². The third-order valence-corrected chi connectivity index (χ3v) is 4.26. The topological polar surface area (TPSA) is 83.9 Å². The maximum atomic E-state index is 13.1. The van der Waals surface area contributed by atoms with Crippen molar-refractivity contribution in [2.24, 2.45) is 0 Å². The van der Waals surface area contributed by atoms with Crippen molar-refractivity contribution < 1.29 is 24.2 Å². The summed E-state index contributed by atoms with van der Waals surface area (Å²) in [6.45, 7) is 2.80. The highest BCUT2D eigenvalue weighted by molar-refractivity contribution is 6.43. The molecule has 3 rings (SSSR count). The summed E-state index contributed by atoms with van der Waals surface area (Å²) < 4.78 is 5.78. The summed E-state index contributed by atoms with van der Waals surface area (Å²) >= 11 is 0. The van der Waals surface area contributed by atoms with Crippen molar-refractivity contribution in [3.8, 4) is 0 Å². The van der Waals surface area contributed by atoms with Crippen LogP contribution >= 0.6 is 0 Å². The fourth-order valence-electron chi connectivity index (χ4n) is 3.09. The number of carbonyl (C=O) groups is 3. The van der Waals surface area contributed by atoms with Crippen molar-refractivity contribution >= 4 is 34.6 Å². The Morgan fingerprint density at radius 3 is 2.37 bits per heavy atom. The van der Waals surface area contributed by atoms with Gasteiger partial charge in [0.15, 0.2) is 5.78 Å². The number of rotatable bonds is 5. The zero-order chi connectivity index (χ0) is 19.6. The first-order valence-corrected chi connectivity index (χ1v) is 8.55. The number of ether oxygens (including phenoxy) is 1. The summed E-state index contributed by atoms with van der Waals surface area (Å²) in [6, 6.07) is 13.8. The SMILES string of the molecule is CCOC(=C1C(=O)N(C(C)=O)c2cc(C(=O)CO)ccc21)c1ccccc1. The van der Waals surface area contributed by atoms with E-state index in [-0.39, 0.29) is 11.1 Å². The first-order chi connectivity index (χ1) is 13.0. The molecule has 1 aliphatic rings. The number of aliphatic hydroxyl groups excluding tert-OH is 1. The third-order valence-electron chi connectivity index (χ3n) is 4.26. The predicted molar refractivity (Wildman–Crippen MR) is 101 cm³/mol. The normalized spacial score (nSPS) is 14.8. The van der Waals surface area contributed by atoms with Gasteiger partial charge in [0.2, 0.25) is 5.91 Å². The van der Waals surface area contributed by atoms with Crippen LogP contribution in [-0.2, 0) is 14.3 Å². The summed E-state index contributed by atoms with van der Waals surface area (Å²) in [4.78, 5) is 38.1. The highest BCUT2D eigenvalue weighted by Crippen LogP contribution is 2.41. The molecule has 1 heterocycles. The van der Waals surface area contributed by atoms with Gasteiger partial charge in [-0.2, -0.15) is 0 Å². The van der Waals surface area contributed by atoms with Gasteiger partial charge in [-0.05, 0) is 13.0 Å². The summed E-state index contributed by atoms with van der Waals surface area (Å²) in [5.41, 5.74) is 2.05. The van der Waals surface area contributed by atoms with Gasteiger partial charge >= 0.3 is 0 Å². The van der Waals surface area contributed by atoms with Crippen molar-refractivity contribution in [2.45, 2.75) is 13.8 Å². The van der Waals surface area contributed by atoms with E-state index in [1.807, 2.05) is 37.3 Å². The fourth-order valence-corrected chi connectivity index (χ4v) is 3.09. The molecule has 0 fully saturated rings. The van der Waals surface area contributed by atoms with Gasteiger partial charge in [0.1, 0.15) is 12.4 Å². The van der Waals surface area contributed by atoms with Crippen LogP contribution in [0.25, 0.3) is 11.3 Å². The smallest absolute Gasteiger partial charge is 0.269 e. The van der Waals surface area contributed by atoms with Crippen molar-refractivity contribution in [3.63, 3.8) is 0 Å². The number of hydrogen-bond donors (Lipinski definition) is 1. The van der Waals surface area contributed by atoms with E-state index in [9.17, 15) is 14.4 Å². The predicted octanol–water partition coefficient (Wildman–Crippen LogP) is 2.66. The molecule has 0 unspecified atom stereocenters. The minimum absolute atomic E-state index is 0.231. The summed E-state index contributed by atoms with van der Waals surface area (Å²) in [5.74, 6) is -1.07. The molecule has 2 amide bonds. The molecule has 138 valence electrons. The second kappa shape index (κ2) is 7.55. The van der Waals surface area contributed by atoms with Crippen LogP contribution < -0.4 is 4.90 Å². The van der Waals surface area contributed by atoms with Gasteiger partial charge < -0.3 is 9.84 Å². The van der Waals surface area contributed by atoms with E-state index in [4.69, 9.17) is 9.84 Å². The minimum atomic E-state index is -0.649. The number of amides is 2. The van der Waals surface area contributed by atoms with Crippen LogP contribution in [0.5, 0.6) is 0 Å². The molecule has 6 nitrogen and oxygen atoms in total. The molecule has 6 heteroatoms. The van der Waals surface area contributed by atoms with E-state index in [1.165, 1.54) is 19.1 Å². The largest absolute Gasteiger partial charge is 0.492 e. The van der Waals surface area contributed by atoms with Crippen molar-refractivity contribution in [3.05, 3.63) is 65.2 Å². The second-order valence-electron chi connectivity index (χ2n) is 5.98. The number of anilines is 1. The number of nitrogens with zero attached hydrogens (tertiary/aromatic N) is 1. The molecule has 0 saturated heterocycles. The summed E-state index contributed by atoms with van der Waals surface area (Å²) in [6.07, 6.45) is 0. The average Bonchev–Trinajstić information content (AvgIpc) is 2.97. The van der Waals surface area contributed by atoms with E-state index < -0.39 is 24.2 Å². The number of aliphatic hydroxyl groups is 1. The van der Waals surface area contributed by atoms with Gasteiger partial charge in [0.25, 0.3) is 5.91 Å². The van der Waals surface area contributed by atoms with Gasteiger partial charge in [-0.1, -0.05) is 42.5 Å². The zero-order valence-electron chi connectivity index (χ0n) is 15.1. The van der Waals surface area contributed by atoms with Gasteiger partial charge in [-0.3, -0.25) is 14.4 Å². The van der Waals surface area contributed by atoms with Gasteiger partial charge in [-0.15, -0.1) is 0 Å². The quantitative estimate of drug-likeness (QED) is 0.500. The summed E-state index contributed by atoms with van der Waals surface area (Å²) in [5, 5.41) is 9.10. The van der Waals surface area contributed by atoms with Crippen LogP contribution in [0, 0.1) is 0 Å². The van der Waals surface area contributed by atoms with Crippen LogP contribution in [-0.4, -0.2) is 35.9 Å². The molecule has 0 aliphatic carbocycles. The molecule has 0 atom stereocenters. The maximum absolute atomic E-state index is 13.1. The number of hydrogen-bond acceptors (Lipinski definition) is 5. The average molecular weight is 365 g/mol. The molecule has 0 saturated carbocycles. The lowest BCUT2D eigenvalue weighted by Crippen LogP contribution is -2.31. The van der Waals surface area contributed by atoms with Gasteiger partial charge in [0, 0.05) is 23.6 Å². The molecule has 2 aromatic carbocycles.